The van der Waals surface area contributed by atoms with Crippen molar-refractivity contribution in [2.45, 2.75) is 0 Å². The van der Waals surface area contributed by atoms with E-state index >= 15 is 0 Å². The highest BCUT2D eigenvalue weighted by molar-refractivity contribution is 6.27. The van der Waals surface area contributed by atoms with Gasteiger partial charge in [0.1, 0.15) is 0 Å². The second-order valence-electron chi connectivity index (χ2n) is 13.1. The SMILES string of the molecule is O=c1[nH]c2ccc3ccccc3c2c2c1ccc1ccccc12.O=c1c2ccc3ccccc3c2c2c3ccccc3ccc2n1-c1ccncc1. The van der Waals surface area contributed by atoms with Crippen LogP contribution in [0, 0.1) is 0 Å². The molecule has 3 aromatic heterocycles. The van der Waals surface area contributed by atoms with Gasteiger partial charge in [-0.25, -0.2) is 0 Å². The Morgan fingerprint density at radius 1 is 0.404 bits per heavy atom. The molecule has 3 heterocycles. The number of hydrogen-bond donors (Lipinski definition) is 1. The number of H-pyrrole nitrogens is 1. The zero-order valence-electron chi connectivity index (χ0n) is 27.9. The molecule has 11 rings (SSSR count). The maximum absolute atomic E-state index is 13.7. The van der Waals surface area contributed by atoms with Crippen LogP contribution in [0.3, 0.4) is 0 Å². The summed E-state index contributed by atoms with van der Waals surface area (Å²) in [5, 5.41) is 14.9. The normalized spacial score (nSPS) is 11.6. The summed E-state index contributed by atoms with van der Waals surface area (Å²) < 4.78 is 1.81. The van der Waals surface area contributed by atoms with Gasteiger partial charge in [0.25, 0.3) is 11.1 Å². The third-order valence-electron chi connectivity index (χ3n) is 10.3. The number of fused-ring (bicyclic) bond motifs is 14. The van der Waals surface area contributed by atoms with Crippen LogP contribution in [-0.2, 0) is 0 Å². The lowest BCUT2D eigenvalue weighted by molar-refractivity contribution is 1.05. The van der Waals surface area contributed by atoms with Gasteiger partial charge in [0, 0.05) is 50.2 Å². The first-order valence-corrected chi connectivity index (χ1v) is 17.3. The zero-order valence-corrected chi connectivity index (χ0v) is 27.9. The van der Waals surface area contributed by atoms with Crippen molar-refractivity contribution in [3.63, 3.8) is 0 Å². The van der Waals surface area contributed by atoms with Crippen LogP contribution in [0.4, 0.5) is 0 Å². The molecular formula is C47H29N3O2. The van der Waals surface area contributed by atoms with E-state index in [1.165, 1.54) is 10.8 Å². The quantitative estimate of drug-likeness (QED) is 0.177. The maximum atomic E-state index is 13.7. The fourth-order valence-corrected chi connectivity index (χ4v) is 7.97. The second kappa shape index (κ2) is 11.8. The van der Waals surface area contributed by atoms with Gasteiger partial charge in [0.05, 0.1) is 11.2 Å². The van der Waals surface area contributed by atoms with Crippen LogP contribution >= 0.6 is 0 Å². The molecule has 0 radical (unpaired) electrons. The molecule has 0 aliphatic rings. The Hall–Kier alpha value is -7.11. The summed E-state index contributed by atoms with van der Waals surface area (Å²) >= 11 is 0. The first-order valence-electron chi connectivity index (χ1n) is 17.3. The van der Waals surface area contributed by atoms with Crippen molar-refractivity contribution in [3.05, 3.63) is 191 Å². The van der Waals surface area contributed by atoms with Crippen LogP contribution in [0.1, 0.15) is 0 Å². The first-order chi connectivity index (χ1) is 25.7. The Balaban J connectivity index is 0.000000134. The van der Waals surface area contributed by atoms with E-state index in [2.05, 4.69) is 82.8 Å². The minimum atomic E-state index is -0.0338. The van der Waals surface area contributed by atoms with Crippen molar-refractivity contribution < 1.29 is 0 Å². The largest absolute Gasteiger partial charge is 0.321 e. The summed E-state index contributed by atoms with van der Waals surface area (Å²) in [6.07, 6.45) is 3.44. The Kier molecular flexibility index (Phi) is 6.73. The smallest absolute Gasteiger partial charge is 0.263 e. The lowest BCUT2D eigenvalue weighted by Gasteiger charge is -2.16. The van der Waals surface area contributed by atoms with E-state index in [1.54, 1.807) is 17.0 Å². The van der Waals surface area contributed by atoms with Gasteiger partial charge in [0.15, 0.2) is 0 Å². The average molecular weight is 668 g/mol. The van der Waals surface area contributed by atoms with Crippen molar-refractivity contribution in [1.29, 1.82) is 0 Å². The Morgan fingerprint density at radius 3 is 1.46 bits per heavy atom. The lowest BCUT2D eigenvalue weighted by atomic mass is 9.95. The van der Waals surface area contributed by atoms with E-state index in [4.69, 9.17) is 0 Å². The topological polar surface area (TPSA) is 67.8 Å². The molecule has 0 atom stereocenters. The van der Waals surface area contributed by atoms with E-state index < -0.39 is 0 Å². The molecule has 11 aromatic rings. The molecule has 0 bridgehead atoms. The van der Waals surface area contributed by atoms with Crippen LogP contribution in [-0.4, -0.2) is 14.5 Å². The molecular weight excluding hydrogens is 639 g/mol. The second-order valence-corrected chi connectivity index (χ2v) is 13.1. The van der Waals surface area contributed by atoms with Crippen molar-refractivity contribution >= 4 is 86.4 Å². The molecule has 1 N–H and O–H groups in total. The molecule has 5 nitrogen and oxygen atoms in total. The summed E-state index contributed by atoms with van der Waals surface area (Å²) in [6.45, 7) is 0. The molecule has 0 saturated heterocycles. The number of hydrogen-bond acceptors (Lipinski definition) is 3. The van der Waals surface area contributed by atoms with E-state index in [0.717, 1.165) is 81.4 Å². The van der Waals surface area contributed by atoms with Crippen LogP contribution in [0.5, 0.6) is 0 Å². The van der Waals surface area contributed by atoms with Gasteiger partial charge >= 0.3 is 0 Å². The van der Waals surface area contributed by atoms with Crippen LogP contribution in [0.2, 0.25) is 0 Å². The summed E-state index contributed by atoms with van der Waals surface area (Å²) in [4.78, 5) is 33.3. The number of pyridine rings is 3. The minimum absolute atomic E-state index is 0.0141. The van der Waals surface area contributed by atoms with Crippen LogP contribution < -0.4 is 11.1 Å². The molecule has 0 saturated carbocycles. The molecule has 0 fully saturated rings. The molecule has 0 amide bonds. The molecule has 0 aliphatic heterocycles. The van der Waals surface area contributed by atoms with Crippen molar-refractivity contribution in [3.8, 4) is 5.69 Å². The predicted octanol–water partition coefficient (Wildman–Crippen LogP) is 10.8. The van der Waals surface area contributed by atoms with Crippen LogP contribution in [0.25, 0.3) is 92.1 Å². The monoisotopic (exact) mass is 667 g/mol. The maximum Gasteiger partial charge on any atom is 0.263 e. The van der Waals surface area contributed by atoms with Gasteiger partial charge in [-0.05, 0) is 79.5 Å². The number of aromatic amines is 1. The van der Waals surface area contributed by atoms with Gasteiger partial charge in [0.2, 0.25) is 0 Å². The van der Waals surface area contributed by atoms with Crippen molar-refractivity contribution in [2.75, 3.05) is 0 Å². The Morgan fingerprint density at radius 2 is 0.865 bits per heavy atom. The zero-order chi connectivity index (χ0) is 34.8. The third kappa shape index (κ3) is 4.53. The fraction of sp³-hybridized carbons (Fsp3) is 0. The summed E-state index contributed by atoms with van der Waals surface area (Å²) in [6, 6.07) is 53.1. The summed E-state index contributed by atoms with van der Waals surface area (Å²) in [7, 11) is 0. The van der Waals surface area contributed by atoms with Crippen molar-refractivity contribution in [1.82, 2.24) is 14.5 Å². The highest BCUT2D eigenvalue weighted by atomic mass is 16.1. The summed E-state index contributed by atoms with van der Waals surface area (Å²) in [5.41, 5.74) is 2.56. The lowest BCUT2D eigenvalue weighted by Crippen LogP contribution is -2.19. The number of rotatable bonds is 1. The Bertz CT molecular complexity index is 3350. The molecule has 0 unspecified atom stereocenters. The van der Waals surface area contributed by atoms with Crippen molar-refractivity contribution in [2.24, 2.45) is 0 Å². The van der Waals surface area contributed by atoms with Gasteiger partial charge in [-0.2, -0.15) is 0 Å². The average Bonchev–Trinajstić information content (AvgIpc) is 3.21. The highest BCUT2D eigenvalue weighted by Crippen LogP contribution is 2.36. The minimum Gasteiger partial charge on any atom is -0.321 e. The van der Waals surface area contributed by atoms with E-state index in [0.29, 0.717) is 0 Å². The fourth-order valence-electron chi connectivity index (χ4n) is 7.97. The van der Waals surface area contributed by atoms with E-state index in [-0.39, 0.29) is 11.1 Å². The molecule has 52 heavy (non-hydrogen) atoms. The molecule has 0 spiro atoms. The Labute approximate surface area is 296 Å². The molecule has 5 heteroatoms. The first kappa shape index (κ1) is 29.8. The van der Waals surface area contributed by atoms with Crippen LogP contribution in [0.15, 0.2) is 180 Å². The number of nitrogens with one attached hydrogen (secondary N) is 1. The highest BCUT2D eigenvalue weighted by Gasteiger charge is 2.17. The van der Waals surface area contributed by atoms with Gasteiger partial charge < -0.3 is 4.98 Å². The van der Waals surface area contributed by atoms with E-state index in [9.17, 15) is 9.59 Å². The van der Waals surface area contributed by atoms with E-state index in [1.807, 2.05) is 84.9 Å². The van der Waals surface area contributed by atoms with Gasteiger partial charge in [-0.1, -0.05) is 121 Å². The molecule has 8 aromatic carbocycles. The standard InChI is InChI=1S/C26H16N2O.C21H13NO/c29-26-22-11-9-17-5-1-3-7-20(17)24(22)25-21-8-4-2-6-18(21)10-12-23(25)28(26)19-13-15-27-16-14-19;23-21-17-11-9-13-5-1-3-7-15(13)19(17)20-16-8-4-2-6-14(16)10-12-18(20)22-21/h1-16H;1-12H,(H,22,23). The third-order valence-corrected chi connectivity index (χ3v) is 10.3. The number of benzene rings is 8. The predicted molar refractivity (Wildman–Crippen MR) is 217 cm³/mol. The van der Waals surface area contributed by atoms with Gasteiger partial charge in [-0.3, -0.25) is 19.1 Å². The van der Waals surface area contributed by atoms with Gasteiger partial charge in [-0.15, -0.1) is 0 Å². The molecule has 0 aliphatic carbocycles. The summed E-state index contributed by atoms with van der Waals surface area (Å²) in [5.74, 6) is 0. The number of nitrogens with zero attached hydrogens (tertiary/aromatic N) is 2. The number of aromatic nitrogens is 3. The molecule has 244 valence electrons.